The number of anilines is 2. The molecule has 5 N–H and O–H groups in total. The van der Waals surface area contributed by atoms with Gasteiger partial charge in [-0.3, -0.25) is 4.72 Å². The summed E-state index contributed by atoms with van der Waals surface area (Å²) < 4.78 is 34.0. The lowest BCUT2D eigenvalue weighted by Gasteiger charge is -2.18. The molecule has 29 heavy (non-hydrogen) atoms. The van der Waals surface area contributed by atoms with Crippen molar-refractivity contribution in [2.24, 2.45) is 5.73 Å². The fourth-order valence-electron chi connectivity index (χ4n) is 2.88. The molecule has 0 spiro atoms. The molecule has 0 aliphatic rings. The highest BCUT2D eigenvalue weighted by Gasteiger charge is 2.25. The number of carbonyl (C=O) groups is 1. The molecule has 0 radical (unpaired) electrons. The standard InChI is InChI=1S/C20H27N3O5S/c1-3-14-10-11-16(18(20(24)25)19(14)28-4-2)23-29(26,27)17-9-6-5-8-15(17)22-13-7-12-21/h5-6,8-11,22-23H,3-4,7,12-13,21H2,1-2H3,(H,24,25). The maximum atomic E-state index is 13.0. The zero-order valence-corrected chi connectivity index (χ0v) is 17.4. The van der Waals surface area contributed by atoms with Gasteiger partial charge in [0.05, 0.1) is 18.0 Å². The van der Waals surface area contributed by atoms with Crippen molar-refractivity contribution in [3.63, 3.8) is 0 Å². The average Bonchev–Trinajstić information content (AvgIpc) is 2.68. The summed E-state index contributed by atoms with van der Waals surface area (Å²) in [5, 5.41) is 12.8. The predicted octanol–water partition coefficient (Wildman–Crippen LogP) is 2.91. The smallest absolute Gasteiger partial charge is 0.341 e. The van der Waals surface area contributed by atoms with Crippen molar-refractivity contribution in [2.45, 2.75) is 31.6 Å². The Morgan fingerprint density at radius 3 is 2.48 bits per heavy atom. The van der Waals surface area contributed by atoms with E-state index in [4.69, 9.17) is 10.5 Å². The number of aryl methyl sites for hydroxylation is 1. The van der Waals surface area contributed by atoms with Crippen LogP contribution in [0.5, 0.6) is 5.75 Å². The van der Waals surface area contributed by atoms with Crippen molar-refractivity contribution in [3.05, 3.63) is 47.5 Å². The Morgan fingerprint density at radius 1 is 1.14 bits per heavy atom. The monoisotopic (exact) mass is 421 g/mol. The predicted molar refractivity (Wildman–Crippen MR) is 113 cm³/mol. The molecule has 0 amide bonds. The van der Waals surface area contributed by atoms with E-state index in [-0.39, 0.29) is 28.5 Å². The summed E-state index contributed by atoms with van der Waals surface area (Å²) in [5.74, 6) is -1.09. The summed E-state index contributed by atoms with van der Waals surface area (Å²) in [5.41, 5.74) is 6.34. The van der Waals surface area contributed by atoms with E-state index in [1.807, 2.05) is 6.92 Å². The molecule has 2 rings (SSSR count). The van der Waals surface area contributed by atoms with Crippen LogP contribution in [-0.2, 0) is 16.4 Å². The molecule has 0 bridgehead atoms. The number of hydrogen-bond acceptors (Lipinski definition) is 6. The molecule has 0 saturated carbocycles. The molecule has 0 fully saturated rings. The van der Waals surface area contributed by atoms with Crippen molar-refractivity contribution in [1.29, 1.82) is 0 Å². The molecule has 2 aromatic rings. The van der Waals surface area contributed by atoms with Gasteiger partial charge in [-0.1, -0.05) is 25.1 Å². The van der Waals surface area contributed by atoms with Gasteiger partial charge in [-0.05, 0) is 50.1 Å². The molecular weight excluding hydrogens is 394 g/mol. The second-order valence-corrected chi connectivity index (χ2v) is 7.89. The Bertz CT molecular complexity index is 961. The number of nitrogens with two attached hydrogens (primary N) is 1. The lowest BCUT2D eigenvalue weighted by molar-refractivity contribution is 0.0693. The first-order valence-corrected chi connectivity index (χ1v) is 10.9. The zero-order chi connectivity index (χ0) is 21.4. The molecule has 0 aromatic heterocycles. The molecule has 2 aromatic carbocycles. The van der Waals surface area contributed by atoms with Crippen LogP contribution in [0.15, 0.2) is 41.3 Å². The summed E-state index contributed by atoms with van der Waals surface area (Å²) in [7, 11) is -4.05. The van der Waals surface area contributed by atoms with Gasteiger partial charge in [0.15, 0.2) is 0 Å². The van der Waals surface area contributed by atoms with E-state index in [1.165, 1.54) is 12.1 Å². The number of aromatic carboxylic acids is 1. The summed E-state index contributed by atoms with van der Waals surface area (Å²) in [4.78, 5) is 11.9. The Kier molecular flexibility index (Phi) is 7.86. The lowest BCUT2D eigenvalue weighted by Crippen LogP contribution is -2.19. The van der Waals surface area contributed by atoms with E-state index < -0.39 is 16.0 Å². The third-order valence-electron chi connectivity index (χ3n) is 4.24. The van der Waals surface area contributed by atoms with Gasteiger partial charge in [-0.15, -0.1) is 0 Å². The topological polar surface area (TPSA) is 131 Å². The molecule has 158 valence electrons. The first-order valence-electron chi connectivity index (χ1n) is 9.43. The second-order valence-electron chi connectivity index (χ2n) is 6.24. The van der Waals surface area contributed by atoms with Gasteiger partial charge < -0.3 is 20.9 Å². The van der Waals surface area contributed by atoms with E-state index in [1.54, 1.807) is 31.2 Å². The first-order chi connectivity index (χ1) is 13.9. The van der Waals surface area contributed by atoms with Gasteiger partial charge in [0.1, 0.15) is 16.2 Å². The molecule has 0 unspecified atom stereocenters. The minimum Gasteiger partial charge on any atom is -0.493 e. The number of ether oxygens (including phenoxy) is 1. The molecule has 0 heterocycles. The highest BCUT2D eigenvalue weighted by Crippen LogP contribution is 2.33. The van der Waals surface area contributed by atoms with Crippen LogP contribution in [0.3, 0.4) is 0 Å². The Labute approximate surface area is 171 Å². The quantitative estimate of drug-likeness (QED) is 0.410. The highest BCUT2D eigenvalue weighted by atomic mass is 32.2. The van der Waals surface area contributed by atoms with Crippen LogP contribution in [0.1, 0.15) is 36.2 Å². The van der Waals surface area contributed by atoms with Gasteiger partial charge in [0.2, 0.25) is 0 Å². The molecule has 8 nitrogen and oxygen atoms in total. The van der Waals surface area contributed by atoms with Crippen molar-refractivity contribution in [1.82, 2.24) is 0 Å². The Hall–Kier alpha value is -2.78. The van der Waals surface area contributed by atoms with E-state index in [0.717, 1.165) is 0 Å². The number of nitrogens with one attached hydrogen (secondary N) is 2. The number of para-hydroxylation sites is 1. The number of hydrogen-bond donors (Lipinski definition) is 4. The van der Waals surface area contributed by atoms with Crippen LogP contribution in [0, 0.1) is 0 Å². The van der Waals surface area contributed by atoms with Gasteiger partial charge in [-0.25, -0.2) is 13.2 Å². The third kappa shape index (κ3) is 5.39. The number of benzene rings is 2. The van der Waals surface area contributed by atoms with Gasteiger partial charge in [0.25, 0.3) is 10.0 Å². The largest absolute Gasteiger partial charge is 0.493 e. The van der Waals surface area contributed by atoms with Gasteiger partial charge >= 0.3 is 5.97 Å². The molecule has 0 aliphatic heterocycles. The minimum absolute atomic E-state index is 0.0193. The highest BCUT2D eigenvalue weighted by molar-refractivity contribution is 7.92. The third-order valence-corrected chi connectivity index (χ3v) is 5.66. The van der Waals surface area contributed by atoms with Crippen LogP contribution in [0.25, 0.3) is 0 Å². The second kappa shape index (κ2) is 10.1. The molecule has 0 saturated heterocycles. The number of rotatable bonds is 11. The Balaban J connectivity index is 2.48. The molecular formula is C20H27N3O5S. The van der Waals surface area contributed by atoms with Crippen LogP contribution in [0.2, 0.25) is 0 Å². The van der Waals surface area contributed by atoms with Crippen molar-refractivity contribution >= 4 is 27.4 Å². The van der Waals surface area contributed by atoms with Crippen LogP contribution in [0.4, 0.5) is 11.4 Å². The maximum absolute atomic E-state index is 13.0. The van der Waals surface area contributed by atoms with E-state index in [0.29, 0.717) is 37.2 Å². The molecule has 0 aliphatic carbocycles. The minimum atomic E-state index is -4.05. The number of carboxylic acid groups (broad SMARTS) is 1. The van der Waals surface area contributed by atoms with Crippen LogP contribution >= 0.6 is 0 Å². The number of sulfonamides is 1. The van der Waals surface area contributed by atoms with Crippen LogP contribution < -0.4 is 20.5 Å². The summed E-state index contributed by atoms with van der Waals surface area (Å²) in [6, 6.07) is 9.54. The fourth-order valence-corrected chi connectivity index (χ4v) is 4.14. The molecule has 0 atom stereocenters. The van der Waals surface area contributed by atoms with E-state index >= 15 is 0 Å². The maximum Gasteiger partial charge on any atom is 0.341 e. The fraction of sp³-hybridized carbons (Fsp3) is 0.350. The van der Waals surface area contributed by atoms with Gasteiger partial charge in [0, 0.05) is 6.54 Å². The Morgan fingerprint density at radius 2 is 1.86 bits per heavy atom. The normalized spacial score (nSPS) is 11.1. The average molecular weight is 422 g/mol. The SMILES string of the molecule is CCOc1c(CC)ccc(NS(=O)(=O)c2ccccc2NCCCN)c1C(=O)O. The van der Waals surface area contributed by atoms with Crippen molar-refractivity contribution in [3.8, 4) is 5.75 Å². The number of carboxylic acids is 1. The van der Waals surface area contributed by atoms with Crippen molar-refractivity contribution in [2.75, 3.05) is 29.7 Å². The lowest BCUT2D eigenvalue weighted by atomic mass is 10.0. The summed E-state index contributed by atoms with van der Waals surface area (Å²) >= 11 is 0. The first kappa shape index (κ1) is 22.5. The van der Waals surface area contributed by atoms with E-state index in [9.17, 15) is 18.3 Å². The molecule has 9 heteroatoms. The van der Waals surface area contributed by atoms with Crippen molar-refractivity contribution < 1.29 is 23.1 Å². The van der Waals surface area contributed by atoms with E-state index in [2.05, 4.69) is 10.0 Å². The van der Waals surface area contributed by atoms with Gasteiger partial charge in [-0.2, -0.15) is 0 Å². The zero-order valence-electron chi connectivity index (χ0n) is 16.6. The summed E-state index contributed by atoms with van der Waals surface area (Å²) in [6.45, 7) is 4.87. The van der Waals surface area contributed by atoms with Crippen LogP contribution in [-0.4, -0.2) is 39.2 Å². The summed E-state index contributed by atoms with van der Waals surface area (Å²) in [6.07, 6.45) is 1.23.